The number of aromatic nitrogens is 2. The highest BCUT2D eigenvalue weighted by Gasteiger charge is 2.23. The summed E-state index contributed by atoms with van der Waals surface area (Å²) in [5.74, 6) is 0. The number of hydrogen-bond acceptors (Lipinski definition) is 2. The van der Waals surface area contributed by atoms with Crippen LogP contribution in [0.3, 0.4) is 0 Å². The third-order valence-corrected chi connectivity index (χ3v) is 4.40. The number of rotatable bonds is 1. The fourth-order valence-corrected chi connectivity index (χ4v) is 3.32. The van der Waals surface area contributed by atoms with Gasteiger partial charge in [-0.2, -0.15) is 0 Å². The maximum atomic E-state index is 12.1. The largest absolute Gasteiger partial charge is 0.322 e. The molecule has 0 spiro atoms. The maximum absolute atomic E-state index is 12.1. The molecule has 1 aliphatic carbocycles. The molecule has 3 aromatic rings. The average molecular weight is 339 g/mol. The number of hydrogen-bond donors (Lipinski definition) is 1. The molecule has 0 fully saturated rings. The monoisotopic (exact) mass is 338 g/mol. The lowest BCUT2D eigenvalue weighted by atomic mass is 9.97. The number of H-pyrrole nitrogens is 1. The summed E-state index contributed by atoms with van der Waals surface area (Å²) >= 11 is 6.11. The summed E-state index contributed by atoms with van der Waals surface area (Å²) in [6.45, 7) is 6.01. The van der Waals surface area contributed by atoms with Crippen molar-refractivity contribution in [3.8, 4) is 22.4 Å². The highest BCUT2D eigenvalue weighted by Crippen LogP contribution is 2.40. The van der Waals surface area contributed by atoms with Gasteiger partial charge in [0.1, 0.15) is 0 Å². The molecule has 1 aliphatic rings. The van der Waals surface area contributed by atoms with Crippen LogP contribution >= 0.6 is 11.6 Å². The number of pyridine rings is 2. The zero-order chi connectivity index (χ0) is 17.3. The molecule has 4 rings (SSSR count). The zero-order valence-corrected chi connectivity index (χ0v) is 14.7. The fourth-order valence-electron chi connectivity index (χ4n) is 3.14. The molecular weight excluding hydrogens is 320 g/mol. The molecule has 1 N–H and O–H groups in total. The molecule has 0 atom stereocenters. The third-order valence-electron chi connectivity index (χ3n) is 4.17. The van der Waals surface area contributed by atoms with Crippen LogP contribution in [0.5, 0.6) is 0 Å². The maximum Gasteiger partial charge on any atom is 0.249 e. The topological polar surface area (TPSA) is 45.8 Å². The second-order valence-electron chi connectivity index (χ2n) is 5.57. The number of aromatic amines is 1. The Morgan fingerprint density at radius 1 is 1.08 bits per heavy atom. The first-order valence-electron chi connectivity index (χ1n) is 8.09. The lowest BCUT2D eigenvalue weighted by Gasteiger charge is -2.10. The predicted octanol–water partition coefficient (Wildman–Crippen LogP) is 5.00. The summed E-state index contributed by atoms with van der Waals surface area (Å²) in [5, 5.41) is 0.679. The Kier molecular flexibility index (Phi) is 4.54. The number of nitrogens with zero attached hydrogens (tertiary/aromatic N) is 1. The molecule has 0 radical (unpaired) electrons. The normalized spacial score (nSPS) is 11.3. The molecule has 0 amide bonds. The zero-order valence-electron chi connectivity index (χ0n) is 14.0. The van der Waals surface area contributed by atoms with E-state index in [-0.39, 0.29) is 5.56 Å². The lowest BCUT2D eigenvalue weighted by Crippen LogP contribution is -2.08. The van der Waals surface area contributed by atoms with E-state index >= 15 is 0 Å². The molecule has 2 aromatic heterocycles. The van der Waals surface area contributed by atoms with Gasteiger partial charge < -0.3 is 4.98 Å². The molecule has 3 nitrogen and oxygen atoms in total. The Hall–Kier alpha value is -2.39. The van der Waals surface area contributed by atoms with Crippen LogP contribution in [0, 0.1) is 6.92 Å². The highest BCUT2D eigenvalue weighted by molar-refractivity contribution is 6.31. The van der Waals surface area contributed by atoms with Gasteiger partial charge in [-0.3, -0.25) is 9.78 Å². The van der Waals surface area contributed by atoms with Crippen molar-refractivity contribution in [2.24, 2.45) is 0 Å². The first-order chi connectivity index (χ1) is 11.6. The van der Waals surface area contributed by atoms with E-state index in [0.717, 1.165) is 39.9 Å². The second kappa shape index (κ2) is 6.62. The average Bonchev–Trinajstić information content (AvgIpc) is 2.94. The Balaban J connectivity index is 0.000000815. The van der Waals surface area contributed by atoms with E-state index in [1.54, 1.807) is 12.3 Å². The molecule has 122 valence electrons. The van der Waals surface area contributed by atoms with Gasteiger partial charge in [0.2, 0.25) is 5.56 Å². The molecule has 24 heavy (non-hydrogen) atoms. The van der Waals surface area contributed by atoms with Crippen LogP contribution in [0.15, 0.2) is 47.5 Å². The van der Waals surface area contributed by atoms with Crippen molar-refractivity contribution in [1.82, 2.24) is 9.97 Å². The summed E-state index contributed by atoms with van der Waals surface area (Å²) in [7, 11) is 0. The van der Waals surface area contributed by atoms with Crippen LogP contribution in [0.2, 0.25) is 5.02 Å². The Morgan fingerprint density at radius 2 is 1.88 bits per heavy atom. The SMILES string of the molecule is CC.Cc1cnccc1-c1cc(=O)[nH]c2c1Cc1ccc(Cl)cc1-2. The smallest absolute Gasteiger partial charge is 0.249 e. The summed E-state index contributed by atoms with van der Waals surface area (Å²) < 4.78 is 0. The van der Waals surface area contributed by atoms with E-state index in [1.807, 2.05) is 51.2 Å². The van der Waals surface area contributed by atoms with Gasteiger partial charge in [-0.05, 0) is 52.9 Å². The van der Waals surface area contributed by atoms with Gasteiger partial charge in [-0.1, -0.05) is 31.5 Å². The van der Waals surface area contributed by atoms with E-state index in [0.29, 0.717) is 5.02 Å². The molecule has 0 saturated carbocycles. The number of aryl methyl sites for hydroxylation is 1. The number of fused-ring (bicyclic) bond motifs is 3. The summed E-state index contributed by atoms with van der Waals surface area (Å²) in [4.78, 5) is 19.2. The van der Waals surface area contributed by atoms with Gasteiger partial charge in [0.25, 0.3) is 0 Å². The summed E-state index contributed by atoms with van der Waals surface area (Å²) in [6, 6.07) is 9.47. The first kappa shape index (κ1) is 16.5. The fraction of sp³-hybridized carbons (Fsp3) is 0.200. The Bertz CT molecular complexity index is 960. The van der Waals surface area contributed by atoms with Crippen LogP contribution in [-0.2, 0) is 6.42 Å². The number of nitrogens with one attached hydrogen (secondary N) is 1. The summed E-state index contributed by atoms with van der Waals surface area (Å²) in [6.07, 6.45) is 4.38. The second-order valence-corrected chi connectivity index (χ2v) is 6.01. The van der Waals surface area contributed by atoms with E-state index in [1.165, 1.54) is 5.56 Å². The molecule has 2 heterocycles. The van der Waals surface area contributed by atoms with Crippen molar-refractivity contribution in [3.05, 3.63) is 74.8 Å². The van der Waals surface area contributed by atoms with E-state index in [2.05, 4.69) is 9.97 Å². The Morgan fingerprint density at radius 3 is 2.62 bits per heavy atom. The van der Waals surface area contributed by atoms with Crippen LogP contribution in [0.1, 0.15) is 30.5 Å². The number of benzene rings is 1. The van der Waals surface area contributed by atoms with Crippen molar-refractivity contribution in [2.75, 3.05) is 0 Å². The van der Waals surface area contributed by atoms with Crippen LogP contribution < -0.4 is 5.56 Å². The lowest BCUT2D eigenvalue weighted by molar-refractivity contribution is 1.18. The van der Waals surface area contributed by atoms with Gasteiger partial charge in [0, 0.05) is 35.5 Å². The van der Waals surface area contributed by atoms with E-state index in [4.69, 9.17) is 11.6 Å². The van der Waals surface area contributed by atoms with Gasteiger partial charge in [-0.15, -0.1) is 0 Å². The summed E-state index contributed by atoms with van der Waals surface area (Å²) in [5.41, 5.74) is 7.23. The van der Waals surface area contributed by atoms with Crippen molar-refractivity contribution < 1.29 is 0 Å². The van der Waals surface area contributed by atoms with E-state index < -0.39 is 0 Å². The quantitative estimate of drug-likeness (QED) is 0.531. The van der Waals surface area contributed by atoms with E-state index in [9.17, 15) is 4.79 Å². The molecule has 0 aliphatic heterocycles. The first-order valence-corrected chi connectivity index (χ1v) is 8.47. The minimum Gasteiger partial charge on any atom is -0.322 e. The van der Waals surface area contributed by atoms with Crippen molar-refractivity contribution in [3.63, 3.8) is 0 Å². The van der Waals surface area contributed by atoms with Gasteiger partial charge >= 0.3 is 0 Å². The molecule has 4 heteroatoms. The molecule has 0 bridgehead atoms. The van der Waals surface area contributed by atoms with Gasteiger partial charge in [-0.25, -0.2) is 0 Å². The minimum absolute atomic E-state index is 0.0993. The van der Waals surface area contributed by atoms with Crippen molar-refractivity contribution in [1.29, 1.82) is 0 Å². The Labute approximate surface area is 146 Å². The highest BCUT2D eigenvalue weighted by atomic mass is 35.5. The van der Waals surface area contributed by atoms with Crippen molar-refractivity contribution in [2.45, 2.75) is 27.2 Å². The third kappa shape index (κ3) is 2.76. The number of halogens is 1. The minimum atomic E-state index is -0.0993. The predicted molar refractivity (Wildman–Crippen MR) is 99.6 cm³/mol. The molecule has 1 aromatic carbocycles. The molecule has 0 saturated heterocycles. The van der Waals surface area contributed by atoms with Crippen LogP contribution in [-0.4, -0.2) is 9.97 Å². The van der Waals surface area contributed by atoms with Crippen LogP contribution in [0.4, 0.5) is 0 Å². The van der Waals surface area contributed by atoms with Gasteiger partial charge in [0.15, 0.2) is 0 Å². The van der Waals surface area contributed by atoms with Crippen LogP contribution in [0.25, 0.3) is 22.4 Å². The molecular formula is C20H19ClN2O. The van der Waals surface area contributed by atoms with Crippen molar-refractivity contribution >= 4 is 11.6 Å². The molecule has 0 unspecified atom stereocenters. The standard InChI is InChI=1S/C18H13ClN2O.C2H6/c1-10-9-20-5-4-13(10)15-8-17(22)21-18-14-7-12(19)3-2-11(14)6-16(15)18;1-2/h2-5,7-9H,6H2,1H3,(H,21,22);1-2H3. The van der Waals surface area contributed by atoms with Gasteiger partial charge in [0.05, 0.1) is 5.69 Å².